The smallest absolute Gasteiger partial charge is 0.138 e. The van der Waals surface area contributed by atoms with Crippen LogP contribution in [0.5, 0.6) is 0 Å². The highest BCUT2D eigenvalue weighted by molar-refractivity contribution is 5.20. The fourth-order valence-corrected chi connectivity index (χ4v) is 2.99. The van der Waals surface area contributed by atoms with Crippen molar-refractivity contribution in [1.29, 1.82) is 0 Å². The first-order valence-corrected chi connectivity index (χ1v) is 7.23. The largest absolute Gasteiger partial charge is 0.361 e. The zero-order chi connectivity index (χ0) is 13.1. The van der Waals surface area contributed by atoms with E-state index in [9.17, 15) is 0 Å². The molecular formula is C15H26N2O. The molecule has 0 atom stereocenters. The Morgan fingerprint density at radius 3 is 2.39 bits per heavy atom. The van der Waals surface area contributed by atoms with Gasteiger partial charge in [0.05, 0.1) is 5.69 Å². The van der Waals surface area contributed by atoms with Gasteiger partial charge in [-0.1, -0.05) is 19.0 Å². The number of nitrogens with zero attached hydrogens (tertiary/aromatic N) is 1. The molecule has 18 heavy (non-hydrogen) atoms. The van der Waals surface area contributed by atoms with E-state index in [2.05, 4.69) is 24.3 Å². The molecule has 0 aromatic carbocycles. The van der Waals surface area contributed by atoms with Crippen LogP contribution in [0.15, 0.2) is 4.52 Å². The molecule has 1 fully saturated rings. The molecular weight excluding hydrogens is 224 g/mol. The Kier molecular flexibility index (Phi) is 4.44. The fourth-order valence-electron chi connectivity index (χ4n) is 2.99. The Labute approximate surface area is 110 Å². The van der Waals surface area contributed by atoms with Crippen molar-refractivity contribution in [2.24, 2.45) is 11.8 Å². The summed E-state index contributed by atoms with van der Waals surface area (Å²) in [6, 6.07) is 0.675. The SMILES string of the molecule is Cc1noc(C)c1CNC1CCC(C(C)C)CC1. The van der Waals surface area contributed by atoms with Crippen LogP contribution >= 0.6 is 0 Å². The van der Waals surface area contributed by atoms with Crippen LogP contribution < -0.4 is 5.32 Å². The lowest BCUT2D eigenvalue weighted by atomic mass is 9.79. The molecule has 1 saturated carbocycles. The molecule has 1 aliphatic rings. The van der Waals surface area contributed by atoms with Gasteiger partial charge >= 0.3 is 0 Å². The molecule has 1 N–H and O–H groups in total. The van der Waals surface area contributed by atoms with E-state index < -0.39 is 0 Å². The Balaban J connectivity index is 1.79. The van der Waals surface area contributed by atoms with Crippen molar-refractivity contribution in [1.82, 2.24) is 10.5 Å². The maximum atomic E-state index is 5.19. The minimum Gasteiger partial charge on any atom is -0.361 e. The van der Waals surface area contributed by atoms with Crippen LogP contribution in [0.1, 0.15) is 56.5 Å². The summed E-state index contributed by atoms with van der Waals surface area (Å²) in [4.78, 5) is 0. The first-order chi connectivity index (χ1) is 8.58. The molecule has 1 aromatic rings. The Morgan fingerprint density at radius 2 is 1.89 bits per heavy atom. The summed E-state index contributed by atoms with van der Waals surface area (Å²) in [7, 11) is 0. The van der Waals surface area contributed by atoms with Gasteiger partial charge in [-0.15, -0.1) is 0 Å². The second-order valence-corrected chi connectivity index (χ2v) is 6.04. The number of aryl methyl sites for hydroxylation is 2. The standard InChI is InChI=1S/C15H26N2O/c1-10(2)13-5-7-14(8-6-13)16-9-15-11(3)17-18-12(15)4/h10,13-14,16H,5-9H2,1-4H3. The summed E-state index contributed by atoms with van der Waals surface area (Å²) in [6.45, 7) is 9.61. The average Bonchev–Trinajstić information content (AvgIpc) is 2.67. The van der Waals surface area contributed by atoms with Gasteiger partial charge in [-0.2, -0.15) is 0 Å². The minimum atomic E-state index is 0.675. The van der Waals surface area contributed by atoms with Crippen LogP contribution in [0.4, 0.5) is 0 Å². The maximum Gasteiger partial charge on any atom is 0.138 e. The summed E-state index contributed by atoms with van der Waals surface area (Å²) >= 11 is 0. The van der Waals surface area contributed by atoms with Gasteiger partial charge < -0.3 is 9.84 Å². The Morgan fingerprint density at radius 1 is 1.22 bits per heavy atom. The van der Waals surface area contributed by atoms with Crippen molar-refractivity contribution >= 4 is 0 Å². The molecule has 0 bridgehead atoms. The highest BCUT2D eigenvalue weighted by Gasteiger charge is 2.23. The van der Waals surface area contributed by atoms with E-state index in [1.807, 2.05) is 13.8 Å². The van der Waals surface area contributed by atoms with Crippen molar-refractivity contribution < 1.29 is 4.52 Å². The fraction of sp³-hybridized carbons (Fsp3) is 0.800. The predicted molar refractivity (Wildman–Crippen MR) is 73.4 cm³/mol. The normalized spacial score (nSPS) is 24.7. The van der Waals surface area contributed by atoms with E-state index in [0.29, 0.717) is 6.04 Å². The maximum absolute atomic E-state index is 5.19. The van der Waals surface area contributed by atoms with E-state index in [-0.39, 0.29) is 0 Å². The van der Waals surface area contributed by atoms with Crippen LogP contribution in [0.2, 0.25) is 0 Å². The molecule has 2 rings (SSSR count). The summed E-state index contributed by atoms with van der Waals surface area (Å²) in [5, 5.41) is 7.67. The third-order valence-corrected chi connectivity index (χ3v) is 4.46. The lowest BCUT2D eigenvalue weighted by Gasteiger charge is -2.31. The van der Waals surface area contributed by atoms with E-state index in [0.717, 1.165) is 29.8 Å². The summed E-state index contributed by atoms with van der Waals surface area (Å²) < 4.78 is 5.19. The average molecular weight is 250 g/mol. The third kappa shape index (κ3) is 3.14. The molecule has 102 valence electrons. The van der Waals surface area contributed by atoms with Gasteiger partial charge in [0.15, 0.2) is 0 Å². The third-order valence-electron chi connectivity index (χ3n) is 4.46. The van der Waals surface area contributed by atoms with Crippen molar-refractivity contribution in [3.63, 3.8) is 0 Å². The summed E-state index contributed by atoms with van der Waals surface area (Å²) in [6.07, 6.45) is 5.37. The monoisotopic (exact) mass is 250 g/mol. The molecule has 3 heteroatoms. The van der Waals surface area contributed by atoms with Gasteiger partial charge in [-0.05, 0) is 51.4 Å². The van der Waals surface area contributed by atoms with Crippen LogP contribution in [-0.2, 0) is 6.54 Å². The highest BCUT2D eigenvalue weighted by atomic mass is 16.5. The van der Waals surface area contributed by atoms with Crippen molar-refractivity contribution in [2.75, 3.05) is 0 Å². The molecule has 1 heterocycles. The van der Waals surface area contributed by atoms with Crippen molar-refractivity contribution in [2.45, 2.75) is 66.0 Å². The molecule has 0 radical (unpaired) electrons. The zero-order valence-electron chi connectivity index (χ0n) is 12.1. The number of hydrogen-bond acceptors (Lipinski definition) is 3. The van der Waals surface area contributed by atoms with E-state index in [4.69, 9.17) is 4.52 Å². The van der Waals surface area contributed by atoms with Gasteiger partial charge in [0, 0.05) is 18.2 Å². The lowest BCUT2D eigenvalue weighted by molar-refractivity contribution is 0.238. The first kappa shape index (κ1) is 13.6. The minimum absolute atomic E-state index is 0.675. The van der Waals surface area contributed by atoms with E-state index in [1.165, 1.54) is 31.2 Å². The van der Waals surface area contributed by atoms with Crippen LogP contribution in [0, 0.1) is 25.7 Å². The molecule has 1 aromatic heterocycles. The predicted octanol–water partition coefficient (Wildman–Crippen LogP) is 3.60. The van der Waals surface area contributed by atoms with Gasteiger partial charge in [-0.25, -0.2) is 0 Å². The van der Waals surface area contributed by atoms with Gasteiger partial charge in [0.2, 0.25) is 0 Å². The first-order valence-electron chi connectivity index (χ1n) is 7.23. The number of rotatable bonds is 4. The van der Waals surface area contributed by atoms with Crippen LogP contribution in [0.3, 0.4) is 0 Å². The molecule has 0 saturated heterocycles. The number of nitrogens with one attached hydrogen (secondary N) is 1. The molecule has 0 unspecified atom stereocenters. The quantitative estimate of drug-likeness (QED) is 0.887. The molecule has 1 aliphatic carbocycles. The second kappa shape index (κ2) is 5.87. The Hall–Kier alpha value is -0.830. The summed E-state index contributed by atoms with van der Waals surface area (Å²) in [5.41, 5.74) is 2.26. The van der Waals surface area contributed by atoms with Crippen molar-refractivity contribution in [3.05, 3.63) is 17.0 Å². The topological polar surface area (TPSA) is 38.1 Å². The van der Waals surface area contributed by atoms with E-state index in [1.54, 1.807) is 0 Å². The lowest BCUT2D eigenvalue weighted by Crippen LogP contribution is -2.34. The highest BCUT2D eigenvalue weighted by Crippen LogP contribution is 2.30. The summed E-state index contributed by atoms with van der Waals surface area (Å²) in [5.74, 6) is 2.73. The van der Waals surface area contributed by atoms with E-state index >= 15 is 0 Å². The molecule has 3 nitrogen and oxygen atoms in total. The number of aromatic nitrogens is 1. The van der Waals surface area contributed by atoms with Gasteiger partial charge in [0.1, 0.15) is 5.76 Å². The van der Waals surface area contributed by atoms with Crippen LogP contribution in [0.25, 0.3) is 0 Å². The molecule has 0 amide bonds. The van der Waals surface area contributed by atoms with Gasteiger partial charge in [-0.3, -0.25) is 0 Å². The molecule has 0 aliphatic heterocycles. The second-order valence-electron chi connectivity index (χ2n) is 6.04. The number of hydrogen-bond donors (Lipinski definition) is 1. The zero-order valence-corrected chi connectivity index (χ0v) is 12.1. The molecule has 0 spiro atoms. The van der Waals surface area contributed by atoms with Crippen LogP contribution in [-0.4, -0.2) is 11.2 Å². The van der Waals surface area contributed by atoms with Crippen molar-refractivity contribution in [3.8, 4) is 0 Å². The van der Waals surface area contributed by atoms with Gasteiger partial charge in [0.25, 0.3) is 0 Å². The Bertz CT molecular complexity index is 356.